The van der Waals surface area contributed by atoms with Crippen LogP contribution in [0.5, 0.6) is 0 Å². The van der Waals surface area contributed by atoms with E-state index in [4.69, 9.17) is 5.10 Å². The summed E-state index contributed by atoms with van der Waals surface area (Å²) in [6, 6.07) is 12.6. The van der Waals surface area contributed by atoms with E-state index >= 15 is 0 Å². The van der Waals surface area contributed by atoms with Crippen molar-refractivity contribution in [1.82, 2.24) is 5.01 Å². The van der Waals surface area contributed by atoms with Crippen molar-refractivity contribution in [3.63, 3.8) is 0 Å². The number of hydrazone groups is 1. The SMILES string of the molecule is O=C(C1CCCCC1)N1N=C2/C(=C\c3ccc([N+](=O)[O-])cc3)CCCC2C1c1ccc([N+](=O)[O-])cc1. The third-order valence-corrected chi connectivity index (χ3v) is 7.57. The molecule has 9 nitrogen and oxygen atoms in total. The number of nitrogens with zero attached hydrogens (tertiary/aromatic N) is 4. The molecular weight excluding hydrogens is 460 g/mol. The molecule has 5 rings (SSSR count). The molecule has 0 radical (unpaired) electrons. The zero-order valence-electron chi connectivity index (χ0n) is 19.9. The van der Waals surface area contributed by atoms with Crippen molar-refractivity contribution >= 4 is 29.1 Å². The molecule has 0 saturated heterocycles. The second-order valence-corrected chi connectivity index (χ2v) is 9.81. The van der Waals surface area contributed by atoms with E-state index in [1.807, 2.05) is 6.08 Å². The van der Waals surface area contributed by atoms with E-state index < -0.39 is 9.85 Å². The molecule has 0 spiro atoms. The van der Waals surface area contributed by atoms with Crippen LogP contribution in [0.3, 0.4) is 0 Å². The summed E-state index contributed by atoms with van der Waals surface area (Å²) in [4.78, 5) is 35.1. The van der Waals surface area contributed by atoms with E-state index in [0.717, 1.165) is 73.8 Å². The molecule has 1 heterocycles. The van der Waals surface area contributed by atoms with Crippen LogP contribution in [0, 0.1) is 32.1 Å². The van der Waals surface area contributed by atoms with Crippen LogP contribution in [0.2, 0.25) is 0 Å². The van der Waals surface area contributed by atoms with E-state index in [-0.39, 0.29) is 35.2 Å². The quantitative estimate of drug-likeness (QED) is 0.366. The highest BCUT2D eigenvalue weighted by Gasteiger charge is 2.45. The minimum Gasteiger partial charge on any atom is -0.273 e. The molecule has 9 heteroatoms. The first kappa shape index (κ1) is 23.8. The fourth-order valence-corrected chi connectivity index (χ4v) is 5.74. The molecule has 2 saturated carbocycles. The maximum atomic E-state index is 13.7. The van der Waals surface area contributed by atoms with Gasteiger partial charge in [0.2, 0.25) is 5.91 Å². The third-order valence-electron chi connectivity index (χ3n) is 7.57. The first-order chi connectivity index (χ1) is 17.4. The monoisotopic (exact) mass is 488 g/mol. The fourth-order valence-electron chi connectivity index (χ4n) is 5.74. The highest BCUT2D eigenvalue weighted by molar-refractivity contribution is 6.08. The lowest BCUT2D eigenvalue weighted by atomic mass is 9.77. The highest BCUT2D eigenvalue weighted by Crippen LogP contribution is 2.46. The number of allylic oxidation sites excluding steroid dienone is 1. The van der Waals surface area contributed by atoms with Crippen molar-refractivity contribution in [3.8, 4) is 0 Å². The summed E-state index contributed by atoms with van der Waals surface area (Å²) >= 11 is 0. The average Bonchev–Trinajstić information content (AvgIpc) is 3.30. The summed E-state index contributed by atoms with van der Waals surface area (Å²) in [5.74, 6) is -0.0161. The largest absolute Gasteiger partial charge is 0.273 e. The molecule has 186 valence electrons. The normalized spacial score (nSPS) is 23.3. The van der Waals surface area contributed by atoms with Gasteiger partial charge in [0.15, 0.2) is 0 Å². The Kier molecular flexibility index (Phi) is 6.63. The Morgan fingerprint density at radius 1 is 0.861 bits per heavy atom. The number of nitro groups is 2. The standard InChI is InChI=1S/C27H28N4O5/c32-27(20-5-2-1-3-6-20)29-26(19-11-15-23(16-12-19)31(35)36)24-8-4-7-21(25(24)28-29)17-18-9-13-22(14-10-18)30(33)34/h9-17,20,24,26H,1-8H2/b21-17-. The second kappa shape index (κ2) is 10.0. The second-order valence-electron chi connectivity index (χ2n) is 9.81. The van der Waals surface area contributed by atoms with Crippen LogP contribution in [-0.4, -0.2) is 26.5 Å². The van der Waals surface area contributed by atoms with Crippen molar-refractivity contribution in [3.05, 3.63) is 85.5 Å². The van der Waals surface area contributed by atoms with Gasteiger partial charge in [-0.3, -0.25) is 25.0 Å². The Morgan fingerprint density at radius 2 is 1.47 bits per heavy atom. The molecule has 2 aromatic rings. The van der Waals surface area contributed by atoms with Gasteiger partial charge in [-0.2, -0.15) is 5.10 Å². The summed E-state index contributed by atoms with van der Waals surface area (Å²) in [6.45, 7) is 0. The first-order valence-corrected chi connectivity index (χ1v) is 12.5. The molecule has 2 aromatic carbocycles. The lowest BCUT2D eigenvalue weighted by molar-refractivity contribution is -0.385. The predicted molar refractivity (Wildman–Crippen MR) is 135 cm³/mol. The van der Waals surface area contributed by atoms with Crippen LogP contribution in [-0.2, 0) is 4.79 Å². The van der Waals surface area contributed by atoms with E-state index in [1.165, 1.54) is 24.3 Å². The van der Waals surface area contributed by atoms with Gasteiger partial charge >= 0.3 is 0 Å². The molecule has 3 aliphatic rings. The zero-order chi connectivity index (χ0) is 25.2. The third kappa shape index (κ3) is 4.65. The minimum absolute atomic E-state index is 0.00274. The summed E-state index contributed by atoms with van der Waals surface area (Å²) in [7, 11) is 0. The van der Waals surface area contributed by atoms with Crippen molar-refractivity contribution < 1.29 is 14.6 Å². The smallest absolute Gasteiger partial charge is 0.269 e. The Balaban J connectivity index is 1.51. The van der Waals surface area contributed by atoms with Gasteiger partial charge in [0.1, 0.15) is 0 Å². The van der Waals surface area contributed by atoms with Crippen LogP contribution in [0.4, 0.5) is 11.4 Å². The van der Waals surface area contributed by atoms with Gasteiger partial charge in [0.25, 0.3) is 11.4 Å². The molecule has 0 aromatic heterocycles. The number of non-ortho nitro benzene ring substituents is 2. The van der Waals surface area contributed by atoms with Crippen molar-refractivity contribution in [2.24, 2.45) is 16.9 Å². The number of nitro benzene ring substituents is 2. The van der Waals surface area contributed by atoms with Crippen LogP contribution >= 0.6 is 0 Å². The molecular formula is C27H28N4O5. The van der Waals surface area contributed by atoms with Crippen molar-refractivity contribution in [1.29, 1.82) is 0 Å². The van der Waals surface area contributed by atoms with E-state index in [0.29, 0.717) is 0 Å². The van der Waals surface area contributed by atoms with Gasteiger partial charge in [-0.25, -0.2) is 5.01 Å². The molecule has 1 amide bonds. The van der Waals surface area contributed by atoms with Crippen LogP contribution in [0.25, 0.3) is 6.08 Å². The van der Waals surface area contributed by atoms with Gasteiger partial charge in [-0.05, 0) is 67.0 Å². The molecule has 2 unspecified atom stereocenters. The Hall–Kier alpha value is -3.88. The van der Waals surface area contributed by atoms with Crippen molar-refractivity contribution in [2.75, 3.05) is 0 Å². The fraction of sp³-hybridized carbons (Fsp3) is 0.407. The Morgan fingerprint density at radius 3 is 2.08 bits per heavy atom. The number of amides is 1. The Bertz CT molecular complexity index is 1230. The molecule has 2 atom stereocenters. The maximum Gasteiger partial charge on any atom is 0.269 e. The molecule has 36 heavy (non-hydrogen) atoms. The topological polar surface area (TPSA) is 119 Å². The summed E-state index contributed by atoms with van der Waals surface area (Å²) in [5, 5.41) is 28.8. The van der Waals surface area contributed by atoms with Crippen LogP contribution < -0.4 is 0 Å². The predicted octanol–water partition coefficient (Wildman–Crippen LogP) is 6.21. The number of hydrogen-bond acceptors (Lipinski definition) is 6. The summed E-state index contributed by atoms with van der Waals surface area (Å²) < 4.78 is 0. The van der Waals surface area contributed by atoms with Crippen LogP contribution in [0.1, 0.15) is 68.5 Å². The molecule has 2 aliphatic carbocycles. The summed E-state index contributed by atoms with van der Waals surface area (Å²) in [6.07, 6.45) is 9.57. The minimum atomic E-state index is -0.420. The number of benzene rings is 2. The molecule has 1 aliphatic heterocycles. The highest BCUT2D eigenvalue weighted by atomic mass is 16.6. The maximum absolute atomic E-state index is 13.7. The van der Waals surface area contributed by atoms with Gasteiger partial charge in [-0.1, -0.05) is 31.4 Å². The van der Waals surface area contributed by atoms with E-state index in [9.17, 15) is 25.0 Å². The first-order valence-electron chi connectivity index (χ1n) is 12.5. The lowest BCUT2D eigenvalue weighted by Gasteiger charge is -2.32. The lowest BCUT2D eigenvalue weighted by Crippen LogP contribution is -2.36. The van der Waals surface area contributed by atoms with Gasteiger partial charge in [0, 0.05) is 36.1 Å². The number of carbonyl (C=O) groups is 1. The number of carbonyl (C=O) groups excluding carboxylic acids is 1. The van der Waals surface area contributed by atoms with Crippen molar-refractivity contribution in [2.45, 2.75) is 57.4 Å². The number of hydrogen-bond donors (Lipinski definition) is 0. The molecule has 2 fully saturated rings. The number of rotatable bonds is 5. The van der Waals surface area contributed by atoms with E-state index in [1.54, 1.807) is 29.3 Å². The van der Waals surface area contributed by atoms with Crippen LogP contribution in [0.15, 0.2) is 59.2 Å². The molecule has 0 N–H and O–H groups in total. The number of fused-ring (bicyclic) bond motifs is 1. The van der Waals surface area contributed by atoms with Gasteiger partial charge < -0.3 is 0 Å². The zero-order valence-corrected chi connectivity index (χ0v) is 19.9. The van der Waals surface area contributed by atoms with Gasteiger partial charge in [-0.15, -0.1) is 0 Å². The average molecular weight is 489 g/mol. The van der Waals surface area contributed by atoms with Gasteiger partial charge in [0.05, 0.1) is 21.6 Å². The Labute approximate surface area is 208 Å². The molecule has 0 bridgehead atoms. The summed E-state index contributed by atoms with van der Waals surface area (Å²) in [5.41, 5.74) is 3.68. The van der Waals surface area contributed by atoms with E-state index in [2.05, 4.69) is 0 Å².